The minimum Gasteiger partial charge on any atom is -0.481 e. The van der Waals surface area contributed by atoms with Gasteiger partial charge in [-0.1, -0.05) is 63.6 Å². The number of carbonyl (C=O) groups is 2. The second-order valence-corrected chi connectivity index (χ2v) is 9.02. The molecule has 0 aromatic heterocycles. The van der Waals surface area contributed by atoms with Gasteiger partial charge in [0.2, 0.25) is 5.91 Å². The molecule has 3 rings (SSSR count). The molecule has 0 unspecified atom stereocenters. The molecule has 2 aromatic rings. The lowest BCUT2D eigenvalue weighted by Crippen LogP contribution is -2.41. The van der Waals surface area contributed by atoms with E-state index >= 15 is 0 Å². The van der Waals surface area contributed by atoms with E-state index in [1.165, 1.54) is 11.1 Å². The molecule has 1 N–H and O–H groups in total. The van der Waals surface area contributed by atoms with E-state index < -0.39 is 6.10 Å². The van der Waals surface area contributed by atoms with E-state index in [0.29, 0.717) is 37.6 Å². The SMILES string of the molecule is CCC(=O)N1CCc2ccc(O[C@@H](CC)C(=O)NCC(C)C)cc2[C@H]1c1ccc(C)cc1. The molecule has 0 saturated heterocycles. The smallest absolute Gasteiger partial charge is 0.261 e. The van der Waals surface area contributed by atoms with Crippen LogP contribution < -0.4 is 10.1 Å². The molecule has 0 aliphatic carbocycles. The molecule has 0 radical (unpaired) electrons. The third-order valence-electron chi connectivity index (χ3n) is 5.99. The second-order valence-electron chi connectivity index (χ2n) is 9.02. The Hall–Kier alpha value is -2.82. The first-order valence-electron chi connectivity index (χ1n) is 11.8. The van der Waals surface area contributed by atoms with Crippen LogP contribution in [-0.2, 0) is 16.0 Å². The second kappa shape index (κ2) is 10.7. The van der Waals surface area contributed by atoms with Crippen molar-refractivity contribution in [2.75, 3.05) is 13.1 Å². The monoisotopic (exact) mass is 436 g/mol. The minimum absolute atomic E-state index is 0.0863. The van der Waals surface area contributed by atoms with Crippen molar-refractivity contribution in [1.82, 2.24) is 10.2 Å². The highest BCUT2D eigenvalue weighted by Crippen LogP contribution is 2.37. The topological polar surface area (TPSA) is 58.6 Å². The van der Waals surface area contributed by atoms with Crippen LogP contribution in [0.5, 0.6) is 5.75 Å². The van der Waals surface area contributed by atoms with Gasteiger partial charge in [0.1, 0.15) is 5.75 Å². The first-order chi connectivity index (χ1) is 15.3. The summed E-state index contributed by atoms with van der Waals surface area (Å²) in [5.74, 6) is 1.11. The van der Waals surface area contributed by atoms with Crippen molar-refractivity contribution in [3.63, 3.8) is 0 Å². The highest BCUT2D eigenvalue weighted by Gasteiger charge is 2.32. The highest BCUT2D eigenvalue weighted by molar-refractivity contribution is 5.81. The Kier molecular flexibility index (Phi) is 7.94. The predicted molar refractivity (Wildman–Crippen MR) is 128 cm³/mol. The van der Waals surface area contributed by atoms with Crippen molar-refractivity contribution in [3.8, 4) is 5.75 Å². The summed E-state index contributed by atoms with van der Waals surface area (Å²) in [5.41, 5.74) is 4.59. The molecule has 2 aromatic carbocycles. The Labute approximate surface area is 192 Å². The van der Waals surface area contributed by atoms with Gasteiger partial charge < -0.3 is 15.0 Å². The van der Waals surface area contributed by atoms with Gasteiger partial charge in [0.15, 0.2) is 6.10 Å². The third-order valence-corrected chi connectivity index (χ3v) is 5.99. The van der Waals surface area contributed by atoms with Crippen LogP contribution in [0.1, 0.15) is 68.8 Å². The number of hydrogen-bond donors (Lipinski definition) is 1. The number of fused-ring (bicyclic) bond motifs is 1. The van der Waals surface area contributed by atoms with Crippen LogP contribution in [0, 0.1) is 12.8 Å². The summed E-state index contributed by atoms with van der Waals surface area (Å²) in [6.45, 7) is 11.4. The fraction of sp³-hybridized carbons (Fsp3) is 0.481. The molecular formula is C27H36N2O3. The minimum atomic E-state index is -0.540. The van der Waals surface area contributed by atoms with Crippen LogP contribution in [0.3, 0.4) is 0 Å². The quantitative estimate of drug-likeness (QED) is 0.646. The lowest BCUT2D eigenvalue weighted by Gasteiger charge is -2.38. The molecule has 0 spiro atoms. The van der Waals surface area contributed by atoms with E-state index in [2.05, 4.69) is 56.4 Å². The highest BCUT2D eigenvalue weighted by atomic mass is 16.5. The van der Waals surface area contributed by atoms with Gasteiger partial charge in [0, 0.05) is 19.5 Å². The van der Waals surface area contributed by atoms with Crippen LogP contribution >= 0.6 is 0 Å². The van der Waals surface area contributed by atoms with Gasteiger partial charge in [-0.15, -0.1) is 0 Å². The molecule has 172 valence electrons. The van der Waals surface area contributed by atoms with Crippen LogP contribution in [0.4, 0.5) is 0 Å². The van der Waals surface area contributed by atoms with Crippen LogP contribution in [-0.4, -0.2) is 35.9 Å². The van der Waals surface area contributed by atoms with E-state index in [1.54, 1.807) is 0 Å². The average molecular weight is 437 g/mol. The van der Waals surface area contributed by atoms with Gasteiger partial charge in [-0.25, -0.2) is 0 Å². The number of nitrogens with one attached hydrogen (secondary N) is 1. The molecular weight excluding hydrogens is 400 g/mol. The van der Waals surface area contributed by atoms with E-state index in [-0.39, 0.29) is 17.9 Å². The molecule has 1 aliphatic heterocycles. The Balaban J connectivity index is 1.93. The summed E-state index contributed by atoms with van der Waals surface area (Å²) >= 11 is 0. The van der Waals surface area contributed by atoms with E-state index in [9.17, 15) is 9.59 Å². The van der Waals surface area contributed by atoms with E-state index in [4.69, 9.17) is 4.74 Å². The summed E-state index contributed by atoms with van der Waals surface area (Å²) in [6, 6.07) is 14.3. The summed E-state index contributed by atoms with van der Waals surface area (Å²) in [5, 5.41) is 2.97. The van der Waals surface area contributed by atoms with Crippen molar-refractivity contribution in [2.45, 2.75) is 66.0 Å². The van der Waals surface area contributed by atoms with E-state index in [0.717, 1.165) is 17.5 Å². The molecule has 0 saturated carbocycles. The van der Waals surface area contributed by atoms with Gasteiger partial charge in [0.25, 0.3) is 5.91 Å². The molecule has 1 heterocycles. The van der Waals surface area contributed by atoms with Gasteiger partial charge in [0.05, 0.1) is 6.04 Å². The van der Waals surface area contributed by atoms with Crippen molar-refractivity contribution >= 4 is 11.8 Å². The van der Waals surface area contributed by atoms with Crippen molar-refractivity contribution in [3.05, 3.63) is 64.7 Å². The standard InChI is InChI=1S/C27H36N2O3/c1-6-24(27(31)28-17-18(3)4)32-22-13-12-20-14-15-29(25(30)7-2)26(23(20)16-22)21-10-8-19(5)9-11-21/h8-13,16,18,24,26H,6-7,14-15,17H2,1-5H3,(H,28,31)/t24-,26+/m0/s1. The first-order valence-corrected chi connectivity index (χ1v) is 11.8. The number of amides is 2. The van der Waals surface area contributed by atoms with E-state index in [1.807, 2.05) is 30.9 Å². The molecule has 5 heteroatoms. The zero-order valence-electron chi connectivity index (χ0n) is 20.0. The summed E-state index contributed by atoms with van der Waals surface area (Å²) in [6.07, 6.45) is 1.34. The van der Waals surface area contributed by atoms with Gasteiger partial charge in [-0.05, 0) is 54.5 Å². The Morgan fingerprint density at radius 2 is 1.84 bits per heavy atom. The van der Waals surface area contributed by atoms with Crippen LogP contribution in [0.25, 0.3) is 0 Å². The predicted octanol–water partition coefficient (Wildman–Crippen LogP) is 4.81. The first kappa shape index (κ1) is 23.8. The van der Waals surface area contributed by atoms with Gasteiger partial charge in [-0.3, -0.25) is 9.59 Å². The number of carbonyl (C=O) groups excluding carboxylic acids is 2. The molecule has 2 amide bonds. The average Bonchev–Trinajstić information content (AvgIpc) is 2.80. The number of rotatable bonds is 8. The Bertz CT molecular complexity index is 936. The lowest BCUT2D eigenvalue weighted by molar-refractivity contribution is -0.133. The molecule has 0 fully saturated rings. The maximum atomic E-state index is 12.8. The molecule has 1 aliphatic rings. The number of hydrogen-bond acceptors (Lipinski definition) is 3. The maximum absolute atomic E-state index is 12.8. The number of nitrogens with zero attached hydrogens (tertiary/aromatic N) is 1. The molecule has 5 nitrogen and oxygen atoms in total. The summed E-state index contributed by atoms with van der Waals surface area (Å²) < 4.78 is 6.13. The van der Waals surface area contributed by atoms with Crippen LogP contribution in [0.15, 0.2) is 42.5 Å². The molecule has 0 bridgehead atoms. The Morgan fingerprint density at radius 1 is 1.12 bits per heavy atom. The number of benzene rings is 2. The fourth-order valence-corrected chi connectivity index (χ4v) is 4.15. The van der Waals surface area contributed by atoms with Crippen molar-refractivity contribution < 1.29 is 14.3 Å². The summed E-state index contributed by atoms with van der Waals surface area (Å²) in [4.78, 5) is 27.4. The van der Waals surface area contributed by atoms with Crippen LogP contribution in [0.2, 0.25) is 0 Å². The lowest BCUT2D eigenvalue weighted by atomic mass is 9.87. The number of aryl methyl sites for hydroxylation is 1. The zero-order valence-corrected chi connectivity index (χ0v) is 20.0. The van der Waals surface area contributed by atoms with Crippen molar-refractivity contribution in [1.29, 1.82) is 0 Å². The fourth-order valence-electron chi connectivity index (χ4n) is 4.15. The largest absolute Gasteiger partial charge is 0.481 e. The van der Waals surface area contributed by atoms with Crippen molar-refractivity contribution in [2.24, 2.45) is 5.92 Å². The molecule has 32 heavy (non-hydrogen) atoms. The van der Waals surface area contributed by atoms with Gasteiger partial charge >= 0.3 is 0 Å². The maximum Gasteiger partial charge on any atom is 0.261 e. The zero-order chi connectivity index (χ0) is 23.3. The molecule has 2 atom stereocenters. The van der Waals surface area contributed by atoms with Gasteiger partial charge in [-0.2, -0.15) is 0 Å². The summed E-state index contributed by atoms with van der Waals surface area (Å²) in [7, 11) is 0. The third kappa shape index (κ3) is 5.50. The normalized spacial score (nSPS) is 16.4. The number of ether oxygens (including phenoxy) is 1. The Morgan fingerprint density at radius 3 is 2.47 bits per heavy atom.